The van der Waals surface area contributed by atoms with Crippen LogP contribution in [0.5, 0.6) is 0 Å². The summed E-state index contributed by atoms with van der Waals surface area (Å²) in [7, 11) is 0. The van der Waals surface area contributed by atoms with Gasteiger partial charge in [-0.15, -0.1) is 11.3 Å². The van der Waals surface area contributed by atoms with E-state index in [1.165, 1.54) is 68.6 Å². The highest BCUT2D eigenvalue weighted by atomic mass is 32.1. The second kappa shape index (κ2) is 6.25. The van der Waals surface area contributed by atoms with Gasteiger partial charge in [0.25, 0.3) is 0 Å². The molecule has 3 rings (SSSR count). The average Bonchev–Trinajstić information content (AvgIpc) is 2.91. The summed E-state index contributed by atoms with van der Waals surface area (Å²) in [6.07, 6.45) is 12.3. The molecule has 0 atom stereocenters. The van der Waals surface area contributed by atoms with Gasteiger partial charge in [0.15, 0.2) is 5.13 Å². The molecule has 19 heavy (non-hydrogen) atoms. The number of aromatic nitrogens is 1. The maximum Gasteiger partial charge on any atom is 0.183 e. The van der Waals surface area contributed by atoms with Crippen LogP contribution in [0.15, 0.2) is 5.38 Å². The first-order valence-corrected chi connectivity index (χ1v) is 8.91. The standard InChI is InChI=1S/C16H26N2S/c1-12-7-9-14(10-8-12)17-16-18-15(11-19-16)13-5-3-2-4-6-13/h11-14H,2-10H2,1H3,(H,17,18). The third-order valence-electron chi connectivity index (χ3n) is 4.89. The number of thiazole rings is 1. The summed E-state index contributed by atoms with van der Waals surface area (Å²) in [5.41, 5.74) is 1.36. The molecule has 1 heterocycles. The van der Waals surface area contributed by atoms with E-state index in [1.54, 1.807) is 0 Å². The molecule has 2 saturated carbocycles. The van der Waals surface area contributed by atoms with Gasteiger partial charge in [0, 0.05) is 17.3 Å². The van der Waals surface area contributed by atoms with Crippen molar-refractivity contribution < 1.29 is 0 Å². The molecule has 0 spiro atoms. The van der Waals surface area contributed by atoms with E-state index in [1.807, 2.05) is 11.3 Å². The first-order valence-electron chi connectivity index (χ1n) is 8.03. The first-order chi connectivity index (χ1) is 9.31. The lowest BCUT2D eigenvalue weighted by Gasteiger charge is -2.26. The minimum absolute atomic E-state index is 0.668. The van der Waals surface area contributed by atoms with Gasteiger partial charge in [-0.05, 0) is 44.4 Å². The summed E-state index contributed by atoms with van der Waals surface area (Å²) in [5, 5.41) is 7.13. The molecule has 2 fully saturated rings. The van der Waals surface area contributed by atoms with Crippen LogP contribution in [0.4, 0.5) is 5.13 Å². The van der Waals surface area contributed by atoms with Crippen molar-refractivity contribution in [1.29, 1.82) is 0 Å². The molecule has 2 aliphatic rings. The number of anilines is 1. The highest BCUT2D eigenvalue weighted by Gasteiger charge is 2.21. The van der Waals surface area contributed by atoms with Gasteiger partial charge in [0.1, 0.15) is 0 Å². The minimum atomic E-state index is 0.668. The van der Waals surface area contributed by atoms with Crippen LogP contribution in [-0.2, 0) is 0 Å². The summed E-state index contributed by atoms with van der Waals surface area (Å²) in [5.74, 6) is 1.67. The normalized spacial score (nSPS) is 29.3. The lowest BCUT2D eigenvalue weighted by atomic mass is 9.87. The Morgan fingerprint density at radius 2 is 1.79 bits per heavy atom. The van der Waals surface area contributed by atoms with Crippen LogP contribution in [0, 0.1) is 5.92 Å². The van der Waals surface area contributed by atoms with Crippen molar-refractivity contribution in [2.45, 2.75) is 76.7 Å². The molecular formula is C16H26N2S. The van der Waals surface area contributed by atoms with Crippen molar-refractivity contribution in [2.75, 3.05) is 5.32 Å². The molecule has 2 nitrogen and oxygen atoms in total. The molecule has 1 aromatic rings. The molecule has 3 heteroatoms. The fourth-order valence-corrected chi connectivity index (χ4v) is 4.39. The quantitative estimate of drug-likeness (QED) is 0.824. The van der Waals surface area contributed by atoms with E-state index in [0.717, 1.165) is 11.8 Å². The fourth-order valence-electron chi connectivity index (χ4n) is 3.52. The van der Waals surface area contributed by atoms with Gasteiger partial charge in [-0.25, -0.2) is 4.98 Å². The van der Waals surface area contributed by atoms with E-state index in [0.29, 0.717) is 6.04 Å². The number of rotatable bonds is 3. The molecule has 0 saturated heterocycles. The molecule has 106 valence electrons. The zero-order valence-electron chi connectivity index (χ0n) is 12.0. The van der Waals surface area contributed by atoms with Crippen LogP contribution in [-0.4, -0.2) is 11.0 Å². The Balaban J connectivity index is 1.55. The Labute approximate surface area is 121 Å². The largest absolute Gasteiger partial charge is 0.359 e. The van der Waals surface area contributed by atoms with E-state index in [-0.39, 0.29) is 0 Å². The van der Waals surface area contributed by atoms with E-state index >= 15 is 0 Å². The lowest BCUT2D eigenvalue weighted by Crippen LogP contribution is -2.25. The summed E-state index contributed by atoms with van der Waals surface area (Å²) < 4.78 is 0. The Bertz CT molecular complexity index is 387. The number of nitrogens with zero attached hydrogens (tertiary/aromatic N) is 1. The van der Waals surface area contributed by atoms with Crippen LogP contribution in [0.2, 0.25) is 0 Å². The molecule has 0 radical (unpaired) electrons. The van der Waals surface area contributed by atoms with Crippen molar-refractivity contribution in [3.63, 3.8) is 0 Å². The van der Waals surface area contributed by atoms with Gasteiger partial charge < -0.3 is 5.32 Å². The molecule has 0 amide bonds. The molecular weight excluding hydrogens is 252 g/mol. The van der Waals surface area contributed by atoms with E-state index < -0.39 is 0 Å². The lowest BCUT2D eigenvalue weighted by molar-refractivity contribution is 0.361. The van der Waals surface area contributed by atoms with Crippen LogP contribution >= 0.6 is 11.3 Å². The van der Waals surface area contributed by atoms with Crippen LogP contribution in [0.25, 0.3) is 0 Å². The molecule has 1 aromatic heterocycles. The maximum absolute atomic E-state index is 4.85. The summed E-state index contributed by atoms with van der Waals surface area (Å²) in [6, 6.07) is 0.668. The first kappa shape index (κ1) is 13.4. The smallest absolute Gasteiger partial charge is 0.183 e. The van der Waals surface area contributed by atoms with E-state index in [4.69, 9.17) is 4.98 Å². The predicted molar refractivity (Wildman–Crippen MR) is 83.0 cm³/mol. The monoisotopic (exact) mass is 278 g/mol. The van der Waals surface area contributed by atoms with Crippen LogP contribution < -0.4 is 5.32 Å². The zero-order valence-corrected chi connectivity index (χ0v) is 12.8. The molecule has 0 bridgehead atoms. The predicted octanol–water partition coefficient (Wildman–Crippen LogP) is 5.18. The van der Waals surface area contributed by atoms with Crippen molar-refractivity contribution in [3.05, 3.63) is 11.1 Å². The Morgan fingerprint density at radius 1 is 1.05 bits per heavy atom. The highest BCUT2D eigenvalue weighted by Crippen LogP contribution is 2.34. The second-order valence-corrected chi connectivity index (χ2v) is 7.37. The number of nitrogens with one attached hydrogen (secondary N) is 1. The maximum atomic E-state index is 4.85. The third-order valence-corrected chi connectivity index (χ3v) is 5.68. The van der Waals surface area contributed by atoms with Gasteiger partial charge in [0.2, 0.25) is 0 Å². The van der Waals surface area contributed by atoms with Crippen LogP contribution in [0.3, 0.4) is 0 Å². The van der Waals surface area contributed by atoms with Crippen molar-refractivity contribution in [3.8, 4) is 0 Å². The van der Waals surface area contributed by atoms with Gasteiger partial charge in [0.05, 0.1) is 5.69 Å². The Morgan fingerprint density at radius 3 is 2.53 bits per heavy atom. The molecule has 1 N–H and O–H groups in total. The fraction of sp³-hybridized carbons (Fsp3) is 0.812. The van der Waals surface area contributed by atoms with E-state index in [2.05, 4.69) is 17.6 Å². The van der Waals surface area contributed by atoms with Crippen molar-refractivity contribution >= 4 is 16.5 Å². The van der Waals surface area contributed by atoms with Gasteiger partial charge in [-0.1, -0.05) is 26.2 Å². The van der Waals surface area contributed by atoms with Gasteiger partial charge in [-0.3, -0.25) is 0 Å². The Hall–Kier alpha value is -0.570. The summed E-state index contributed by atoms with van der Waals surface area (Å²) >= 11 is 1.82. The topological polar surface area (TPSA) is 24.9 Å². The minimum Gasteiger partial charge on any atom is -0.359 e. The highest BCUT2D eigenvalue weighted by molar-refractivity contribution is 7.13. The van der Waals surface area contributed by atoms with Gasteiger partial charge >= 0.3 is 0 Å². The molecule has 0 unspecified atom stereocenters. The molecule has 0 aromatic carbocycles. The SMILES string of the molecule is CC1CCC(Nc2nc(C3CCCCC3)cs2)CC1. The Kier molecular flexibility index (Phi) is 4.42. The summed E-state index contributed by atoms with van der Waals surface area (Å²) in [4.78, 5) is 4.85. The van der Waals surface area contributed by atoms with E-state index in [9.17, 15) is 0 Å². The van der Waals surface area contributed by atoms with Crippen molar-refractivity contribution in [1.82, 2.24) is 4.98 Å². The number of hydrogen-bond donors (Lipinski definition) is 1. The average molecular weight is 278 g/mol. The third kappa shape index (κ3) is 3.50. The van der Waals surface area contributed by atoms with Crippen molar-refractivity contribution in [2.24, 2.45) is 5.92 Å². The van der Waals surface area contributed by atoms with Gasteiger partial charge in [-0.2, -0.15) is 0 Å². The number of hydrogen-bond acceptors (Lipinski definition) is 3. The summed E-state index contributed by atoms with van der Waals surface area (Å²) in [6.45, 7) is 2.38. The molecule has 2 aliphatic carbocycles. The zero-order chi connectivity index (χ0) is 13.1. The second-order valence-electron chi connectivity index (χ2n) is 6.51. The molecule has 0 aliphatic heterocycles. The van der Waals surface area contributed by atoms with Crippen LogP contribution in [0.1, 0.15) is 76.3 Å².